The quantitative estimate of drug-likeness (QED) is 0.810. The molecule has 104 valence electrons. The minimum Gasteiger partial charge on any atom is -0.400 e. The second-order valence-electron chi connectivity index (χ2n) is 4.57. The first-order valence-electron chi connectivity index (χ1n) is 6.47. The van der Waals surface area contributed by atoms with Crippen LogP contribution in [0.15, 0.2) is 30.3 Å². The Kier molecular flexibility index (Phi) is 3.86. The van der Waals surface area contributed by atoms with Gasteiger partial charge in [0, 0.05) is 30.2 Å². The number of benzene rings is 2. The van der Waals surface area contributed by atoms with Gasteiger partial charge in [0.1, 0.15) is 0 Å². The van der Waals surface area contributed by atoms with Crippen LogP contribution in [-0.4, -0.2) is 35.5 Å². The highest BCUT2D eigenvalue weighted by atomic mass is 16.2. The predicted octanol–water partition coefficient (Wildman–Crippen LogP) is 2.37. The third-order valence-electron chi connectivity index (χ3n) is 3.39. The molecule has 1 N–H and O–H groups in total. The van der Waals surface area contributed by atoms with Crippen LogP contribution in [0, 0.1) is 6.92 Å². The van der Waals surface area contributed by atoms with E-state index in [1.165, 1.54) is 4.90 Å². The van der Waals surface area contributed by atoms with Crippen molar-refractivity contribution in [2.75, 3.05) is 13.7 Å². The van der Waals surface area contributed by atoms with E-state index in [4.69, 9.17) is 5.11 Å². The molecule has 2 amide bonds. The van der Waals surface area contributed by atoms with Crippen molar-refractivity contribution in [1.82, 2.24) is 4.90 Å². The van der Waals surface area contributed by atoms with E-state index in [1.807, 2.05) is 38.1 Å². The lowest BCUT2D eigenvalue weighted by Gasteiger charge is -2.26. The molecule has 1 aliphatic rings. The molecule has 0 saturated heterocycles. The van der Waals surface area contributed by atoms with E-state index < -0.39 is 0 Å². The fourth-order valence-corrected chi connectivity index (χ4v) is 2.59. The first-order valence-corrected chi connectivity index (χ1v) is 6.47. The van der Waals surface area contributed by atoms with Gasteiger partial charge in [0.25, 0.3) is 11.8 Å². The third kappa shape index (κ3) is 1.98. The zero-order chi connectivity index (χ0) is 14.9. The highest BCUT2D eigenvalue weighted by molar-refractivity contribution is 6.25. The molecule has 20 heavy (non-hydrogen) atoms. The molecule has 2 aromatic rings. The monoisotopic (exact) mass is 271 g/mol. The molecule has 4 heteroatoms. The molecule has 0 aromatic heterocycles. The number of imide groups is 1. The normalized spacial score (nSPS) is 13.3. The molecular formula is C16H17NO3. The topological polar surface area (TPSA) is 57.6 Å². The summed E-state index contributed by atoms with van der Waals surface area (Å²) in [5, 5.41) is 8.75. The van der Waals surface area contributed by atoms with Crippen LogP contribution in [0.5, 0.6) is 0 Å². The average Bonchev–Trinajstić information content (AvgIpc) is 2.47. The summed E-state index contributed by atoms with van der Waals surface area (Å²) in [5.74, 6) is -0.376. The summed E-state index contributed by atoms with van der Waals surface area (Å²) in [6.07, 6.45) is 0. The number of carbonyl (C=O) groups excluding carboxylic acids is 2. The van der Waals surface area contributed by atoms with Crippen LogP contribution in [0.4, 0.5) is 0 Å². The van der Waals surface area contributed by atoms with Gasteiger partial charge >= 0.3 is 0 Å². The fraction of sp³-hybridized carbons (Fsp3) is 0.250. The number of aliphatic hydroxyl groups is 1. The Morgan fingerprint density at radius 3 is 2.35 bits per heavy atom. The van der Waals surface area contributed by atoms with Gasteiger partial charge in [-0.3, -0.25) is 14.5 Å². The molecule has 4 nitrogen and oxygen atoms in total. The van der Waals surface area contributed by atoms with Crippen molar-refractivity contribution < 1.29 is 14.7 Å². The molecule has 1 heterocycles. The molecule has 0 atom stereocenters. The lowest BCUT2D eigenvalue weighted by Crippen LogP contribution is -2.40. The molecule has 0 aliphatic carbocycles. The van der Waals surface area contributed by atoms with Gasteiger partial charge < -0.3 is 5.11 Å². The summed E-state index contributed by atoms with van der Waals surface area (Å²) >= 11 is 0. The smallest absolute Gasteiger partial charge is 0.261 e. The molecule has 0 unspecified atom stereocenters. The Bertz CT molecular complexity index is 691. The summed E-state index contributed by atoms with van der Waals surface area (Å²) < 4.78 is 0. The largest absolute Gasteiger partial charge is 0.400 e. The van der Waals surface area contributed by atoms with Crippen molar-refractivity contribution in [3.05, 3.63) is 47.0 Å². The SMILES string of the molecule is CCN1C(=O)c2cccc3cc(C)cc(c23)C1=O.CO. The van der Waals surface area contributed by atoms with Crippen molar-refractivity contribution in [2.45, 2.75) is 13.8 Å². The first kappa shape index (κ1) is 14.2. The highest BCUT2D eigenvalue weighted by Crippen LogP contribution is 2.30. The van der Waals surface area contributed by atoms with Gasteiger partial charge in [-0.05, 0) is 36.9 Å². The van der Waals surface area contributed by atoms with Gasteiger partial charge in [-0.1, -0.05) is 18.2 Å². The summed E-state index contributed by atoms with van der Waals surface area (Å²) in [5.41, 5.74) is 2.31. The predicted molar refractivity (Wildman–Crippen MR) is 77.9 cm³/mol. The number of carbonyl (C=O) groups is 2. The highest BCUT2D eigenvalue weighted by Gasteiger charge is 2.31. The maximum atomic E-state index is 12.3. The van der Waals surface area contributed by atoms with Crippen molar-refractivity contribution >= 4 is 22.6 Å². The second-order valence-corrected chi connectivity index (χ2v) is 4.57. The summed E-state index contributed by atoms with van der Waals surface area (Å²) in [6, 6.07) is 9.46. The molecule has 0 radical (unpaired) electrons. The van der Waals surface area contributed by atoms with Gasteiger partial charge in [0.15, 0.2) is 0 Å². The number of hydrogen-bond donors (Lipinski definition) is 1. The van der Waals surface area contributed by atoms with E-state index in [2.05, 4.69) is 0 Å². The lowest BCUT2D eigenvalue weighted by molar-refractivity contribution is 0.0619. The zero-order valence-electron chi connectivity index (χ0n) is 11.8. The Morgan fingerprint density at radius 1 is 1.05 bits per heavy atom. The number of amides is 2. The van der Waals surface area contributed by atoms with Crippen LogP contribution in [0.3, 0.4) is 0 Å². The van der Waals surface area contributed by atoms with Crippen LogP contribution in [0.2, 0.25) is 0 Å². The lowest BCUT2D eigenvalue weighted by atomic mass is 9.92. The van der Waals surface area contributed by atoms with E-state index >= 15 is 0 Å². The van der Waals surface area contributed by atoms with Gasteiger partial charge in [0.2, 0.25) is 0 Å². The van der Waals surface area contributed by atoms with E-state index in [0.29, 0.717) is 17.7 Å². The van der Waals surface area contributed by atoms with Gasteiger partial charge in [0.05, 0.1) is 0 Å². The van der Waals surface area contributed by atoms with E-state index in [0.717, 1.165) is 23.4 Å². The minimum atomic E-state index is -0.190. The van der Waals surface area contributed by atoms with E-state index in [9.17, 15) is 9.59 Å². The van der Waals surface area contributed by atoms with Crippen LogP contribution < -0.4 is 0 Å². The Hall–Kier alpha value is -2.20. The van der Waals surface area contributed by atoms with Crippen LogP contribution >= 0.6 is 0 Å². The third-order valence-corrected chi connectivity index (χ3v) is 3.39. The minimum absolute atomic E-state index is 0.185. The molecule has 3 rings (SSSR count). The van der Waals surface area contributed by atoms with E-state index in [1.54, 1.807) is 6.07 Å². The van der Waals surface area contributed by atoms with Crippen LogP contribution in [-0.2, 0) is 0 Å². The number of hydrogen-bond acceptors (Lipinski definition) is 3. The average molecular weight is 271 g/mol. The Morgan fingerprint density at radius 2 is 1.70 bits per heavy atom. The molecule has 0 fully saturated rings. The van der Waals surface area contributed by atoms with E-state index in [-0.39, 0.29) is 11.8 Å². The number of nitrogens with zero attached hydrogens (tertiary/aromatic N) is 1. The molecule has 1 aliphatic heterocycles. The van der Waals surface area contributed by atoms with Gasteiger partial charge in [-0.15, -0.1) is 0 Å². The number of aliphatic hydroxyl groups excluding tert-OH is 1. The molecule has 0 spiro atoms. The zero-order valence-corrected chi connectivity index (χ0v) is 11.8. The maximum absolute atomic E-state index is 12.3. The molecular weight excluding hydrogens is 254 g/mol. The standard InChI is InChI=1S/C15H13NO2.CH4O/c1-3-16-14(17)11-6-4-5-10-7-9(2)8-12(13(10)11)15(16)18;1-2/h4-8H,3H2,1-2H3;2H,1H3. The maximum Gasteiger partial charge on any atom is 0.261 e. The number of rotatable bonds is 1. The van der Waals surface area contributed by atoms with Crippen LogP contribution in [0.1, 0.15) is 33.2 Å². The van der Waals surface area contributed by atoms with Crippen LogP contribution in [0.25, 0.3) is 10.8 Å². The Balaban J connectivity index is 0.000000704. The fourth-order valence-electron chi connectivity index (χ4n) is 2.59. The van der Waals surface area contributed by atoms with Crippen molar-refractivity contribution in [3.8, 4) is 0 Å². The Labute approximate surface area is 117 Å². The van der Waals surface area contributed by atoms with Crippen molar-refractivity contribution in [2.24, 2.45) is 0 Å². The molecule has 2 aromatic carbocycles. The summed E-state index contributed by atoms with van der Waals surface area (Å²) in [4.78, 5) is 25.8. The summed E-state index contributed by atoms with van der Waals surface area (Å²) in [7, 11) is 1.00. The first-order chi connectivity index (χ1) is 9.63. The van der Waals surface area contributed by atoms with Crippen molar-refractivity contribution in [3.63, 3.8) is 0 Å². The van der Waals surface area contributed by atoms with Gasteiger partial charge in [-0.25, -0.2) is 0 Å². The number of aryl methyl sites for hydroxylation is 1. The molecule has 0 bridgehead atoms. The second kappa shape index (κ2) is 5.43. The van der Waals surface area contributed by atoms with Crippen molar-refractivity contribution in [1.29, 1.82) is 0 Å². The summed E-state index contributed by atoms with van der Waals surface area (Å²) in [6.45, 7) is 4.18. The van der Waals surface area contributed by atoms with Gasteiger partial charge in [-0.2, -0.15) is 0 Å². The molecule has 0 saturated carbocycles.